The van der Waals surface area contributed by atoms with Crippen LogP contribution < -0.4 is 10.6 Å². The summed E-state index contributed by atoms with van der Waals surface area (Å²) in [4.78, 5) is 23.8. The summed E-state index contributed by atoms with van der Waals surface area (Å²) >= 11 is 1.75. The highest BCUT2D eigenvalue weighted by Crippen LogP contribution is 2.19. The van der Waals surface area contributed by atoms with Gasteiger partial charge in [-0.15, -0.1) is 11.3 Å². The summed E-state index contributed by atoms with van der Waals surface area (Å²) in [7, 11) is 3.52. The van der Waals surface area contributed by atoms with Crippen LogP contribution in [-0.2, 0) is 11.2 Å². The van der Waals surface area contributed by atoms with Crippen LogP contribution in [0.2, 0.25) is 0 Å². The summed E-state index contributed by atoms with van der Waals surface area (Å²) in [6, 6.07) is 10.0. The smallest absolute Gasteiger partial charge is 0.241 e. The number of rotatable bonds is 8. The average Bonchev–Trinajstić information content (AvgIpc) is 3.21. The fourth-order valence-electron chi connectivity index (χ4n) is 2.39. The van der Waals surface area contributed by atoms with Crippen LogP contribution in [0, 0.1) is 0 Å². The zero-order chi connectivity index (χ0) is 18.8. The van der Waals surface area contributed by atoms with Crippen molar-refractivity contribution in [3.8, 4) is 0 Å². The molecule has 0 aliphatic carbocycles. The molecule has 6 nitrogen and oxygen atoms in total. The minimum atomic E-state index is 0.0233. The predicted octanol–water partition coefficient (Wildman–Crippen LogP) is 2.11. The SMILES string of the molecule is CN=C(NCC(=O)N(C)CCc1ccccn1)NCC(C)c1cccs1. The molecule has 2 N–H and O–H groups in total. The first-order valence-electron chi connectivity index (χ1n) is 8.72. The molecule has 0 bridgehead atoms. The van der Waals surface area contributed by atoms with Crippen LogP contribution >= 0.6 is 11.3 Å². The zero-order valence-corrected chi connectivity index (χ0v) is 16.4. The predicted molar refractivity (Wildman–Crippen MR) is 108 cm³/mol. The van der Waals surface area contributed by atoms with Gasteiger partial charge in [-0.25, -0.2) is 0 Å². The molecule has 2 heterocycles. The van der Waals surface area contributed by atoms with Gasteiger partial charge in [-0.2, -0.15) is 0 Å². The second-order valence-corrected chi connectivity index (χ2v) is 7.09. The van der Waals surface area contributed by atoms with Crippen LogP contribution in [0.5, 0.6) is 0 Å². The standard InChI is InChI=1S/C19H27N5OS/c1-15(17-8-6-12-26-17)13-22-19(20-2)23-14-18(25)24(3)11-9-16-7-4-5-10-21-16/h4-8,10,12,15H,9,11,13-14H2,1-3H3,(H2,20,22,23). The maximum absolute atomic E-state index is 12.3. The molecule has 1 atom stereocenters. The maximum atomic E-state index is 12.3. The van der Waals surface area contributed by atoms with Gasteiger partial charge < -0.3 is 15.5 Å². The molecule has 0 aliphatic heterocycles. The van der Waals surface area contributed by atoms with E-state index in [-0.39, 0.29) is 12.5 Å². The van der Waals surface area contributed by atoms with Crippen LogP contribution in [0.1, 0.15) is 23.4 Å². The van der Waals surface area contributed by atoms with E-state index in [1.165, 1.54) is 4.88 Å². The van der Waals surface area contributed by atoms with E-state index in [9.17, 15) is 4.79 Å². The number of hydrogen-bond donors (Lipinski definition) is 2. The van der Waals surface area contributed by atoms with Crippen LogP contribution in [0.4, 0.5) is 0 Å². The fourth-order valence-corrected chi connectivity index (χ4v) is 3.18. The van der Waals surface area contributed by atoms with Crippen molar-refractivity contribution in [3.05, 3.63) is 52.5 Å². The van der Waals surface area contributed by atoms with Crippen LogP contribution in [0.25, 0.3) is 0 Å². The summed E-state index contributed by atoms with van der Waals surface area (Å²) in [6.45, 7) is 3.79. The lowest BCUT2D eigenvalue weighted by Crippen LogP contribution is -2.44. The van der Waals surface area contributed by atoms with Gasteiger partial charge in [0, 0.05) is 56.3 Å². The number of amides is 1. The Morgan fingerprint density at radius 1 is 1.31 bits per heavy atom. The Balaban J connectivity index is 1.70. The second kappa shape index (κ2) is 10.6. The van der Waals surface area contributed by atoms with Gasteiger partial charge in [0.05, 0.1) is 6.54 Å². The quantitative estimate of drug-likeness (QED) is 0.549. The van der Waals surface area contributed by atoms with Gasteiger partial charge in [0.2, 0.25) is 5.91 Å². The highest BCUT2D eigenvalue weighted by molar-refractivity contribution is 7.10. The first-order chi connectivity index (χ1) is 12.6. The molecule has 0 saturated carbocycles. The van der Waals surface area contributed by atoms with Crippen molar-refractivity contribution in [3.63, 3.8) is 0 Å². The van der Waals surface area contributed by atoms with E-state index in [0.29, 0.717) is 18.4 Å². The van der Waals surface area contributed by atoms with Crippen molar-refractivity contribution >= 4 is 23.2 Å². The molecular weight excluding hydrogens is 346 g/mol. The van der Waals surface area contributed by atoms with Crippen LogP contribution in [-0.4, -0.2) is 55.5 Å². The molecule has 2 rings (SSSR count). The number of aliphatic imine (C=N–C) groups is 1. The third-order valence-corrected chi connectivity index (χ3v) is 5.19. The Kier molecular flexibility index (Phi) is 8.08. The number of aromatic nitrogens is 1. The minimum Gasteiger partial charge on any atom is -0.356 e. The zero-order valence-electron chi connectivity index (χ0n) is 15.6. The number of hydrogen-bond acceptors (Lipinski definition) is 4. The molecule has 140 valence electrons. The van der Waals surface area contributed by atoms with Crippen molar-refractivity contribution in [2.24, 2.45) is 4.99 Å². The van der Waals surface area contributed by atoms with E-state index in [1.54, 1.807) is 29.5 Å². The van der Waals surface area contributed by atoms with Crippen molar-refractivity contribution in [2.75, 3.05) is 33.7 Å². The molecule has 0 aliphatic rings. The maximum Gasteiger partial charge on any atom is 0.241 e. The summed E-state index contributed by atoms with van der Waals surface area (Å²) in [6.07, 6.45) is 2.51. The largest absolute Gasteiger partial charge is 0.356 e. The topological polar surface area (TPSA) is 69.6 Å². The molecule has 26 heavy (non-hydrogen) atoms. The molecule has 0 saturated heterocycles. The number of thiophene rings is 1. The van der Waals surface area contributed by atoms with Crippen molar-refractivity contribution in [1.29, 1.82) is 0 Å². The summed E-state index contributed by atoms with van der Waals surface area (Å²) < 4.78 is 0. The van der Waals surface area contributed by atoms with Crippen LogP contribution in [0.3, 0.4) is 0 Å². The lowest BCUT2D eigenvalue weighted by molar-refractivity contribution is -0.128. The Morgan fingerprint density at radius 3 is 2.81 bits per heavy atom. The summed E-state index contributed by atoms with van der Waals surface area (Å²) in [5, 5.41) is 8.44. The number of carbonyl (C=O) groups excluding carboxylic acids is 1. The highest BCUT2D eigenvalue weighted by Gasteiger charge is 2.11. The number of pyridine rings is 1. The summed E-state index contributed by atoms with van der Waals surface area (Å²) in [5.41, 5.74) is 0.986. The molecule has 2 aromatic rings. The summed E-state index contributed by atoms with van der Waals surface area (Å²) in [5.74, 6) is 1.06. The first-order valence-corrected chi connectivity index (χ1v) is 9.60. The lowest BCUT2D eigenvalue weighted by Gasteiger charge is -2.19. The van der Waals surface area contributed by atoms with E-state index < -0.39 is 0 Å². The highest BCUT2D eigenvalue weighted by atomic mass is 32.1. The van der Waals surface area contributed by atoms with E-state index in [2.05, 4.69) is 45.0 Å². The molecule has 0 aromatic carbocycles. The van der Waals surface area contributed by atoms with Gasteiger partial charge in [-0.3, -0.25) is 14.8 Å². The monoisotopic (exact) mass is 373 g/mol. The third-order valence-electron chi connectivity index (χ3n) is 4.09. The Labute approximate surface area is 159 Å². The molecule has 0 fully saturated rings. The van der Waals surface area contributed by atoms with Gasteiger partial charge in [-0.05, 0) is 23.6 Å². The third kappa shape index (κ3) is 6.48. The van der Waals surface area contributed by atoms with Gasteiger partial charge in [-0.1, -0.05) is 19.1 Å². The van der Waals surface area contributed by atoms with E-state index in [0.717, 1.165) is 18.7 Å². The number of likely N-dealkylation sites (N-methyl/N-ethyl adjacent to an activating group) is 1. The normalized spacial score (nSPS) is 12.5. The minimum absolute atomic E-state index is 0.0233. The van der Waals surface area contributed by atoms with Gasteiger partial charge in [0.25, 0.3) is 0 Å². The van der Waals surface area contributed by atoms with Gasteiger partial charge in [0.15, 0.2) is 5.96 Å². The van der Waals surface area contributed by atoms with E-state index in [1.807, 2.05) is 25.2 Å². The van der Waals surface area contributed by atoms with E-state index in [4.69, 9.17) is 0 Å². The Hall–Kier alpha value is -2.41. The van der Waals surface area contributed by atoms with E-state index >= 15 is 0 Å². The van der Waals surface area contributed by atoms with Gasteiger partial charge in [0.1, 0.15) is 0 Å². The van der Waals surface area contributed by atoms with Crippen molar-refractivity contribution in [1.82, 2.24) is 20.5 Å². The molecular formula is C19H27N5OS. The number of carbonyl (C=O) groups is 1. The Morgan fingerprint density at radius 2 is 2.15 bits per heavy atom. The molecule has 0 spiro atoms. The first kappa shape index (κ1) is 19.9. The van der Waals surface area contributed by atoms with Crippen molar-refractivity contribution in [2.45, 2.75) is 19.3 Å². The fraction of sp³-hybridized carbons (Fsp3) is 0.421. The van der Waals surface area contributed by atoms with Gasteiger partial charge >= 0.3 is 0 Å². The lowest BCUT2D eigenvalue weighted by atomic mass is 10.1. The molecule has 0 radical (unpaired) electrons. The molecule has 1 amide bonds. The van der Waals surface area contributed by atoms with Crippen LogP contribution in [0.15, 0.2) is 46.9 Å². The number of nitrogens with zero attached hydrogens (tertiary/aromatic N) is 3. The molecule has 1 unspecified atom stereocenters. The molecule has 7 heteroatoms. The van der Waals surface area contributed by atoms with Crippen molar-refractivity contribution < 1.29 is 4.79 Å². The number of nitrogens with one attached hydrogen (secondary N) is 2. The average molecular weight is 374 g/mol. The molecule has 2 aromatic heterocycles. The Bertz CT molecular complexity index is 687. The second-order valence-electron chi connectivity index (χ2n) is 6.11. The number of guanidine groups is 1.